The first-order valence-electron chi connectivity index (χ1n) is 10.8. The molecule has 1 aliphatic rings. The molecule has 1 heterocycles. The van der Waals surface area contributed by atoms with Crippen LogP contribution in [0.1, 0.15) is 12.0 Å². The van der Waals surface area contributed by atoms with Gasteiger partial charge in [-0.05, 0) is 48.4 Å². The van der Waals surface area contributed by atoms with Gasteiger partial charge in [0.1, 0.15) is 16.8 Å². The molecular weight excluding hydrogens is 453 g/mol. The van der Waals surface area contributed by atoms with Crippen LogP contribution in [0.3, 0.4) is 0 Å². The molecule has 1 fully saturated rings. The molecule has 0 bridgehead atoms. The highest BCUT2D eigenvalue weighted by molar-refractivity contribution is 8.15. The lowest BCUT2D eigenvalue weighted by Gasteiger charge is -2.32. The molecule has 2 amide bonds. The zero-order valence-corrected chi connectivity index (χ0v) is 19.4. The molecule has 1 unspecified atom stereocenters. The number of anilines is 1. The summed E-state index contributed by atoms with van der Waals surface area (Å²) in [4.78, 5) is 32.3. The number of ether oxygens (including phenoxy) is 1. The summed E-state index contributed by atoms with van der Waals surface area (Å²) in [5.74, 6) is -0.469. The zero-order valence-electron chi connectivity index (χ0n) is 18.6. The third-order valence-corrected chi connectivity index (χ3v) is 6.52. The normalized spacial score (nSPS) is 17.0. The smallest absolute Gasteiger partial charge is 0.238 e. The number of para-hydroxylation sites is 1. The molecule has 3 aromatic carbocycles. The molecule has 34 heavy (non-hydrogen) atoms. The molecule has 0 aliphatic carbocycles. The summed E-state index contributed by atoms with van der Waals surface area (Å²) < 4.78 is 19.2. The number of hydrogen-bond acceptors (Lipinski definition) is 5. The molecule has 8 heteroatoms. The first-order valence-corrected chi connectivity index (χ1v) is 11.7. The number of benzene rings is 3. The van der Waals surface area contributed by atoms with Crippen molar-refractivity contribution in [2.75, 3.05) is 19.0 Å². The molecular formula is C26H24FN3O3S. The average molecular weight is 478 g/mol. The first kappa shape index (κ1) is 23.5. The van der Waals surface area contributed by atoms with Crippen molar-refractivity contribution in [1.82, 2.24) is 4.90 Å². The number of carbonyl (C=O) groups is 2. The number of halogens is 1. The van der Waals surface area contributed by atoms with Crippen LogP contribution in [0, 0.1) is 5.82 Å². The van der Waals surface area contributed by atoms with Crippen molar-refractivity contribution >= 4 is 40.1 Å². The number of hydrogen-bond donors (Lipinski definition) is 1. The van der Waals surface area contributed by atoms with E-state index in [0.717, 1.165) is 5.56 Å². The summed E-state index contributed by atoms with van der Waals surface area (Å²) >= 11 is 1.21. The van der Waals surface area contributed by atoms with Gasteiger partial charge in [-0.25, -0.2) is 9.38 Å². The summed E-state index contributed by atoms with van der Waals surface area (Å²) in [6, 6.07) is 23.0. The van der Waals surface area contributed by atoms with Gasteiger partial charge in [-0.1, -0.05) is 54.2 Å². The fraction of sp³-hybridized carbons (Fsp3) is 0.192. The maximum atomic E-state index is 14.0. The molecule has 0 spiro atoms. The number of methoxy groups -OCH3 is 1. The average Bonchev–Trinajstić information content (AvgIpc) is 2.86. The lowest BCUT2D eigenvalue weighted by molar-refractivity contribution is -0.129. The Hall–Kier alpha value is -3.65. The van der Waals surface area contributed by atoms with E-state index in [1.54, 1.807) is 48.4 Å². The van der Waals surface area contributed by atoms with Gasteiger partial charge in [-0.2, -0.15) is 0 Å². The summed E-state index contributed by atoms with van der Waals surface area (Å²) in [5.41, 5.74) is 1.82. The van der Waals surface area contributed by atoms with Crippen molar-refractivity contribution < 1.29 is 18.7 Å². The van der Waals surface area contributed by atoms with Gasteiger partial charge >= 0.3 is 0 Å². The number of rotatable bonds is 7. The summed E-state index contributed by atoms with van der Waals surface area (Å²) in [6.45, 7) is 0.437. The van der Waals surface area contributed by atoms with Crippen LogP contribution in [0.15, 0.2) is 83.9 Å². The maximum Gasteiger partial charge on any atom is 0.238 e. The number of amidine groups is 1. The predicted octanol–water partition coefficient (Wildman–Crippen LogP) is 5.04. The number of thioether (sulfide) groups is 1. The molecule has 1 atom stereocenters. The Morgan fingerprint density at radius 1 is 1.09 bits per heavy atom. The lowest BCUT2D eigenvalue weighted by atomic mass is 10.1. The molecule has 1 aliphatic heterocycles. The van der Waals surface area contributed by atoms with Gasteiger partial charge in [0.15, 0.2) is 5.17 Å². The van der Waals surface area contributed by atoms with Crippen molar-refractivity contribution in [1.29, 1.82) is 0 Å². The van der Waals surface area contributed by atoms with E-state index in [0.29, 0.717) is 29.6 Å². The van der Waals surface area contributed by atoms with Crippen molar-refractivity contribution in [3.05, 3.63) is 90.2 Å². The fourth-order valence-corrected chi connectivity index (χ4v) is 4.61. The Kier molecular flexibility index (Phi) is 7.59. The molecule has 174 valence electrons. The van der Waals surface area contributed by atoms with Gasteiger partial charge in [-0.3, -0.25) is 14.5 Å². The van der Waals surface area contributed by atoms with Crippen LogP contribution >= 0.6 is 11.8 Å². The molecule has 0 radical (unpaired) electrons. The zero-order chi connectivity index (χ0) is 23.9. The number of carbonyl (C=O) groups excluding carboxylic acids is 2. The maximum absolute atomic E-state index is 14.0. The van der Waals surface area contributed by atoms with Gasteiger partial charge < -0.3 is 10.1 Å². The van der Waals surface area contributed by atoms with E-state index in [1.165, 1.54) is 23.9 Å². The Labute approximate surface area is 201 Å². The van der Waals surface area contributed by atoms with Crippen LogP contribution in [0.4, 0.5) is 15.8 Å². The standard InChI is InChI=1S/C26H24FN3O3S/c1-33-20-13-11-19(12-14-20)28-26-30(16-15-18-7-3-2-4-8-18)24(31)17-23(34-26)25(32)29-22-10-6-5-9-21(22)27/h2-14,23H,15-17H2,1H3,(H,29,32). The second-order valence-corrected chi connectivity index (χ2v) is 8.82. The quantitative estimate of drug-likeness (QED) is 0.518. The van der Waals surface area contributed by atoms with E-state index in [4.69, 9.17) is 4.74 Å². The van der Waals surface area contributed by atoms with Crippen molar-refractivity contribution in [3.8, 4) is 5.75 Å². The van der Waals surface area contributed by atoms with Gasteiger partial charge in [0.05, 0.1) is 18.5 Å². The van der Waals surface area contributed by atoms with E-state index in [-0.39, 0.29) is 18.0 Å². The number of nitrogens with one attached hydrogen (secondary N) is 1. The minimum Gasteiger partial charge on any atom is -0.497 e. The molecule has 0 saturated carbocycles. The lowest BCUT2D eigenvalue weighted by Crippen LogP contribution is -2.46. The minimum atomic E-state index is -0.725. The van der Waals surface area contributed by atoms with Crippen molar-refractivity contribution in [2.24, 2.45) is 4.99 Å². The van der Waals surface area contributed by atoms with E-state index < -0.39 is 17.0 Å². The van der Waals surface area contributed by atoms with Crippen LogP contribution in [0.25, 0.3) is 0 Å². The summed E-state index contributed by atoms with van der Waals surface area (Å²) in [6.07, 6.45) is 0.655. The second-order valence-electron chi connectivity index (χ2n) is 7.65. The number of nitrogens with zero attached hydrogens (tertiary/aromatic N) is 2. The van der Waals surface area contributed by atoms with E-state index in [2.05, 4.69) is 10.3 Å². The molecule has 1 saturated heterocycles. The summed E-state index contributed by atoms with van der Waals surface area (Å²) in [5, 5.41) is 2.31. The Bertz CT molecular complexity index is 1190. The molecule has 3 aromatic rings. The van der Waals surface area contributed by atoms with Gasteiger partial charge in [-0.15, -0.1) is 0 Å². The third-order valence-electron chi connectivity index (χ3n) is 5.33. The first-order chi connectivity index (χ1) is 16.5. The SMILES string of the molecule is COc1ccc(N=C2SC(C(=O)Nc3ccccc3F)CC(=O)N2CCc2ccccc2)cc1. The van der Waals surface area contributed by atoms with Crippen LogP contribution in [0.5, 0.6) is 5.75 Å². The molecule has 6 nitrogen and oxygen atoms in total. The monoisotopic (exact) mass is 477 g/mol. The fourth-order valence-electron chi connectivity index (χ4n) is 3.49. The van der Waals surface area contributed by atoms with E-state index in [1.807, 2.05) is 30.3 Å². The molecule has 4 rings (SSSR count). The third kappa shape index (κ3) is 5.82. The second kappa shape index (κ2) is 11.0. The minimum absolute atomic E-state index is 0.00136. The van der Waals surface area contributed by atoms with Gasteiger partial charge in [0.2, 0.25) is 11.8 Å². The van der Waals surface area contributed by atoms with Gasteiger partial charge in [0, 0.05) is 13.0 Å². The molecule has 1 N–H and O–H groups in total. The van der Waals surface area contributed by atoms with Gasteiger partial charge in [0.25, 0.3) is 0 Å². The van der Waals surface area contributed by atoms with Crippen LogP contribution in [0.2, 0.25) is 0 Å². The Balaban J connectivity index is 1.56. The Morgan fingerprint density at radius 3 is 2.50 bits per heavy atom. The van der Waals surface area contributed by atoms with Crippen LogP contribution in [-0.4, -0.2) is 40.8 Å². The number of amides is 2. The van der Waals surface area contributed by atoms with E-state index in [9.17, 15) is 14.0 Å². The highest BCUT2D eigenvalue weighted by Gasteiger charge is 2.36. The molecule has 0 aromatic heterocycles. The van der Waals surface area contributed by atoms with E-state index >= 15 is 0 Å². The summed E-state index contributed by atoms with van der Waals surface area (Å²) in [7, 11) is 1.58. The van der Waals surface area contributed by atoms with Crippen LogP contribution < -0.4 is 10.1 Å². The highest BCUT2D eigenvalue weighted by Crippen LogP contribution is 2.31. The number of aliphatic imine (C=N–C) groups is 1. The van der Waals surface area contributed by atoms with Crippen molar-refractivity contribution in [2.45, 2.75) is 18.1 Å². The largest absolute Gasteiger partial charge is 0.497 e. The van der Waals surface area contributed by atoms with Crippen molar-refractivity contribution in [3.63, 3.8) is 0 Å². The van der Waals surface area contributed by atoms with Crippen LogP contribution in [-0.2, 0) is 16.0 Å². The topological polar surface area (TPSA) is 71.0 Å². The Morgan fingerprint density at radius 2 is 1.79 bits per heavy atom. The highest BCUT2D eigenvalue weighted by atomic mass is 32.2. The predicted molar refractivity (Wildman–Crippen MR) is 133 cm³/mol.